The molecule has 2 amide bonds. The van der Waals surface area contributed by atoms with Gasteiger partial charge in [0.15, 0.2) is 0 Å². The van der Waals surface area contributed by atoms with E-state index in [2.05, 4.69) is 20.2 Å². The van der Waals surface area contributed by atoms with E-state index in [1.807, 2.05) is 19.0 Å². The number of amides is 2. The number of piperazine rings is 1. The summed E-state index contributed by atoms with van der Waals surface area (Å²) in [6, 6.07) is 1.71. The number of hydrogen-bond acceptors (Lipinski definition) is 7. The molecule has 0 spiro atoms. The largest absolute Gasteiger partial charge is 0.450 e. The standard InChI is InChI=1S/C17H28N6O3/c1-5-26-17(25)23-10-8-22(9-11-23)15-12-14(19-13(2)20-15)16(24)18-6-7-21(3)4/h12H,5-11H2,1-4H3,(H,18,24). The summed E-state index contributed by atoms with van der Waals surface area (Å²) in [5.74, 6) is 1.05. The van der Waals surface area contributed by atoms with Crippen molar-refractivity contribution in [3.63, 3.8) is 0 Å². The molecule has 0 saturated carbocycles. The SMILES string of the molecule is CCOC(=O)N1CCN(c2cc(C(=O)NCCN(C)C)nc(C)n2)CC1. The van der Waals surface area contributed by atoms with Crippen molar-refractivity contribution < 1.29 is 14.3 Å². The summed E-state index contributed by atoms with van der Waals surface area (Å²) in [7, 11) is 3.91. The molecule has 1 saturated heterocycles. The predicted octanol–water partition coefficient (Wildman–Crippen LogP) is 0.355. The second-order valence-electron chi connectivity index (χ2n) is 6.39. The Morgan fingerprint density at radius 2 is 1.92 bits per heavy atom. The Labute approximate surface area is 154 Å². The normalized spacial score (nSPS) is 14.5. The van der Waals surface area contributed by atoms with Gasteiger partial charge in [-0.15, -0.1) is 0 Å². The van der Waals surface area contributed by atoms with Gasteiger partial charge in [-0.25, -0.2) is 14.8 Å². The Hall–Kier alpha value is -2.42. The van der Waals surface area contributed by atoms with Crippen molar-refractivity contribution in [3.05, 3.63) is 17.6 Å². The lowest BCUT2D eigenvalue weighted by Gasteiger charge is -2.34. The maximum absolute atomic E-state index is 12.3. The summed E-state index contributed by atoms with van der Waals surface area (Å²) in [6.07, 6.45) is -0.285. The van der Waals surface area contributed by atoms with Gasteiger partial charge in [-0.2, -0.15) is 0 Å². The number of aromatic nitrogens is 2. The Kier molecular flexibility index (Phi) is 7.14. The topological polar surface area (TPSA) is 90.9 Å². The number of likely N-dealkylation sites (N-methyl/N-ethyl adjacent to an activating group) is 1. The van der Waals surface area contributed by atoms with Crippen molar-refractivity contribution in [1.82, 2.24) is 25.1 Å². The number of ether oxygens (including phenoxy) is 1. The van der Waals surface area contributed by atoms with Crippen LogP contribution in [0.4, 0.5) is 10.6 Å². The van der Waals surface area contributed by atoms with Crippen LogP contribution in [0.1, 0.15) is 23.2 Å². The Bertz CT molecular complexity index is 629. The molecular weight excluding hydrogens is 336 g/mol. The van der Waals surface area contributed by atoms with Crippen LogP contribution in [0, 0.1) is 6.92 Å². The van der Waals surface area contributed by atoms with Crippen LogP contribution in [-0.2, 0) is 4.74 Å². The average molecular weight is 364 g/mol. The van der Waals surface area contributed by atoms with Gasteiger partial charge in [0.25, 0.3) is 5.91 Å². The molecule has 0 aromatic carbocycles. The maximum Gasteiger partial charge on any atom is 0.409 e. The first kappa shape index (κ1) is 19.9. The lowest BCUT2D eigenvalue weighted by molar-refractivity contribution is 0.0945. The molecule has 0 aliphatic carbocycles. The number of carbonyl (C=O) groups is 2. The van der Waals surface area contributed by atoms with Gasteiger partial charge in [0.05, 0.1) is 6.61 Å². The van der Waals surface area contributed by atoms with E-state index in [0.717, 1.165) is 6.54 Å². The molecule has 1 aliphatic rings. The lowest BCUT2D eigenvalue weighted by Crippen LogP contribution is -2.49. The maximum atomic E-state index is 12.3. The third-order valence-electron chi connectivity index (χ3n) is 4.03. The number of hydrogen-bond donors (Lipinski definition) is 1. The third-order valence-corrected chi connectivity index (χ3v) is 4.03. The quantitative estimate of drug-likeness (QED) is 0.779. The highest BCUT2D eigenvalue weighted by molar-refractivity contribution is 5.93. The predicted molar refractivity (Wildman–Crippen MR) is 98.5 cm³/mol. The van der Waals surface area contributed by atoms with Gasteiger partial charge >= 0.3 is 6.09 Å². The summed E-state index contributed by atoms with van der Waals surface area (Å²) in [6.45, 7) is 7.65. The van der Waals surface area contributed by atoms with Crippen molar-refractivity contribution in [3.8, 4) is 0 Å². The third kappa shape index (κ3) is 5.55. The number of anilines is 1. The van der Waals surface area contributed by atoms with Crippen LogP contribution < -0.4 is 10.2 Å². The Morgan fingerprint density at radius 1 is 1.23 bits per heavy atom. The van der Waals surface area contributed by atoms with Gasteiger partial charge in [0, 0.05) is 45.3 Å². The minimum atomic E-state index is -0.285. The van der Waals surface area contributed by atoms with E-state index in [1.54, 1.807) is 24.8 Å². The molecule has 26 heavy (non-hydrogen) atoms. The highest BCUT2D eigenvalue weighted by Gasteiger charge is 2.23. The van der Waals surface area contributed by atoms with Gasteiger partial charge < -0.3 is 24.8 Å². The number of carbonyl (C=O) groups excluding carboxylic acids is 2. The molecule has 0 radical (unpaired) electrons. The van der Waals surface area contributed by atoms with Gasteiger partial charge in [-0.1, -0.05) is 0 Å². The van der Waals surface area contributed by atoms with Crippen LogP contribution in [0.2, 0.25) is 0 Å². The van der Waals surface area contributed by atoms with Gasteiger partial charge in [0.2, 0.25) is 0 Å². The van der Waals surface area contributed by atoms with Gasteiger partial charge in [-0.3, -0.25) is 4.79 Å². The first-order chi connectivity index (χ1) is 12.4. The Morgan fingerprint density at radius 3 is 2.54 bits per heavy atom. The van der Waals surface area contributed by atoms with E-state index in [-0.39, 0.29) is 12.0 Å². The number of nitrogens with zero attached hydrogens (tertiary/aromatic N) is 5. The highest BCUT2D eigenvalue weighted by Crippen LogP contribution is 2.16. The number of nitrogens with one attached hydrogen (secondary N) is 1. The summed E-state index contributed by atoms with van der Waals surface area (Å²) >= 11 is 0. The molecule has 2 heterocycles. The van der Waals surface area contributed by atoms with E-state index in [9.17, 15) is 9.59 Å². The van der Waals surface area contributed by atoms with E-state index < -0.39 is 0 Å². The first-order valence-corrected chi connectivity index (χ1v) is 8.86. The van der Waals surface area contributed by atoms with Crippen LogP contribution in [-0.4, -0.2) is 91.7 Å². The van der Waals surface area contributed by atoms with Crippen molar-refractivity contribution in [2.75, 3.05) is 64.9 Å². The van der Waals surface area contributed by atoms with Crippen LogP contribution in [0.15, 0.2) is 6.07 Å². The van der Waals surface area contributed by atoms with Crippen LogP contribution >= 0.6 is 0 Å². The van der Waals surface area contributed by atoms with E-state index in [1.165, 1.54) is 0 Å². The zero-order chi connectivity index (χ0) is 19.1. The molecule has 0 bridgehead atoms. The minimum Gasteiger partial charge on any atom is -0.450 e. The molecule has 9 nitrogen and oxygen atoms in total. The fraction of sp³-hybridized carbons (Fsp3) is 0.647. The van der Waals surface area contributed by atoms with Crippen LogP contribution in [0.5, 0.6) is 0 Å². The highest BCUT2D eigenvalue weighted by atomic mass is 16.6. The molecule has 9 heteroatoms. The molecule has 1 fully saturated rings. The molecule has 0 unspecified atom stereocenters. The molecule has 144 valence electrons. The van der Waals surface area contributed by atoms with Crippen LogP contribution in [0.25, 0.3) is 0 Å². The number of aryl methyl sites for hydroxylation is 1. The fourth-order valence-corrected chi connectivity index (χ4v) is 2.65. The molecule has 1 aliphatic heterocycles. The van der Waals surface area contributed by atoms with Crippen LogP contribution in [0.3, 0.4) is 0 Å². The van der Waals surface area contributed by atoms with Gasteiger partial charge in [-0.05, 0) is 27.9 Å². The number of rotatable bonds is 6. The summed E-state index contributed by atoms with van der Waals surface area (Å²) in [5.41, 5.74) is 0.360. The molecule has 1 aromatic heterocycles. The molecule has 1 N–H and O–H groups in total. The smallest absolute Gasteiger partial charge is 0.409 e. The summed E-state index contributed by atoms with van der Waals surface area (Å²) in [4.78, 5) is 38.5. The van der Waals surface area contributed by atoms with Gasteiger partial charge in [0.1, 0.15) is 17.3 Å². The van der Waals surface area contributed by atoms with E-state index in [4.69, 9.17) is 4.74 Å². The first-order valence-electron chi connectivity index (χ1n) is 8.86. The molecule has 1 aromatic rings. The summed E-state index contributed by atoms with van der Waals surface area (Å²) in [5, 5.41) is 2.86. The van der Waals surface area contributed by atoms with Crippen molar-refractivity contribution >= 4 is 17.8 Å². The lowest BCUT2D eigenvalue weighted by atomic mass is 10.3. The summed E-state index contributed by atoms with van der Waals surface area (Å²) < 4.78 is 5.03. The van der Waals surface area contributed by atoms with E-state index in [0.29, 0.717) is 56.7 Å². The second-order valence-corrected chi connectivity index (χ2v) is 6.39. The zero-order valence-electron chi connectivity index (χ0n) is 16.0. The van der Waals surface area contributed by atoms with Crippen molar-refractivity contribution in [2.45, 2.75) is 13.8 Å². The Balaban J connectivity index is 1.99. The van der Waals surface area contributed by atoms with Crippen molar-refractivity contribution in [1.29, 1.82) is 0 Å². The van der Waals surface area contributed by atoms with E-state index >= 15 is 0 Å². The van der Waals surface area contributed by atoms with Crippen molar-refractivity contribution in [2.24, 2.45) is 0 Å². The fourth-order valence-electron chi connectivity index (χ4n) is 2.65. The average Bonchev–Trinajstić information content (AvgIpc) is 2.61. The second kappa shape index (κ2) is 9.33. The zero-order valence-corrected chi connectivity index (χ0v) is 16.0. The molecular formula is C17H28N6O3. The minimum absolute atomic E-state index is 0.205. The molecule has 0 atom stereocenters. The monoisotopic (exact) mass is 364 g/mol. The molecule has 2 rings (SSSR count).